The van der Waals surface area contributed by atoms with Crippen LogP contribution < -0.4 is 26.7 Å². The zero-order valence-corrected chi connectivity index (χ0v) is 19.2. The van der Waals surface area contributed by atoms with Crippen LogP contribution >= 0.6 is 23.1 Å². The van der Waals surface area contributed by atoms with Crippen LogP contribution in [0.3, 0.4) is 0 Å². The van der Waals surface area contributed by atoms with Crippen LogP contribution in [0.4, 0.5) is 5.69 Å². The molecule has 6 nitrogen and oxygen atoms in total. The Labute approximate surface area is 183 Å². The molecule has 0 bridgehead atoms. The number of benzene rings is 1. The molecule has 158 valence electrons. The SMILES string of the molecule is CN(C)CCSc1ccc(/C=c2\[nH]c(=O)/c(=C/c3ccc(N(C)C)cc3)[nH]c2=O)s1. The zero-order chi connectivity index (χ0) is 21.7. The summed E-state index contributed by atoms with van der Waals surface area (Å²) in [5.74, 6) is 1.00. The van der Waals surface area contributed by atoms with Crippen molar-refractivity contribution in [2.75, 3.05) is 45.4 Å². The Hall–Kier alpha value is -2.55. The molecule has 2 N–H and O–H groups in total. The van der Waals surface area contributed by atoms with Crippen LogP contribution in [0.1, 0.15) is 10.4 Å². The van der Waals surface area contributed by atoms with E-state index in [9.17, 15) is 9.59 Å². The fraction of sp³-hybridized carbons (Fsp3) is 0.273. The summed E-state index contributed by atoms with van der Waals surface area (Å²) in [7, 11) is 8.04. The predicted molar refractivity (Wildman–Crippen MR) is 128 cm³/mol. The van der Waals surface area contributed by atoms with Gasteiger partial charge in [-0.1, -0.05) is 12.1 Å². The van der Waals surface area contributed by atoms with Gasteiger partial charge in [-0.3, -0.25) is 9.59 Å². The molecule has 0 unspecified atom stereocenters. The molecule has 1 aromatic carbocycles. The van der Waals surface area contributed by atoms with Gasteiger partial charge >= 0.3 is 0 Å². The van der Waals surface area contributed by atoms with Gasteiger partial charge in [-0.2, -0.15) is 0 Å². The van der Waals surface area contributed by atoms with Crippen LogP contribution in [-0.2, 0) is 0 Å². The standard InChI is InChI=1S/C22H26N4O2S2/c1-25(2)11-12-29-20-10-9-17(30-20)14-19-22(28)23-18(21(27)24-19)13-15-5-7-16(8-6-15)26(3)4/h5-10,13-14H,11-12H2,1-4H3,(H,23,28)(H,24,27)/b18-13-,19-14-. The topological polar surface area (TPSA) is 72.2 Å². The third kappa shape index (κ3) is 5.98. The third-order valence-electron chi connectivity index (χ3n) is 4.38. The van der Waals surface area contributed by atoms with Crippen LogP contribution in [0.2, 0.25) is 0 Å². The van der Waals surface area contributed by atoms with Gasteiger partial charge in [0.25, 0.3) is 11.1 Å². The number of aromatic amines is 2. The summed E-state index contributed by atoms with van der Waals surface area (Å²) in [5, 5.41) is 0.493. The van der Waals surface area contributed by atoms with Crippen molar-refractivity contribution in [3.8, 4) is 0 Å². The number of H-pyrrole nitrogens is 2. The molecule has 0 saturated heterocycles. The van der Waals surface area contributed by atoms with Crippen LogP contribution in [0.25, 0.3) is 12.2 Å². The normalized spacial score (nSPS) is 12.7. The lowest BCUT2D eigenvalue weighted by atomic mass is 10.2. The Kier molecular flexibility index (Phi) is 7.36. The molecule has 2 heterocycles. The molecule has 0 spiro atoms. The number of thioether (sulfide) groups is 1. The van der Waals surface area contributed by atoms with Crippen molar-refractivity contribution in [1.29, 1.82) is 0 Å². The van der Waals surface area contributed by atoms with Crippen LogP contribution in [0.5, 0.6) is 0 Å². The Morgan fingerprint density at radius 3 is 2.13 bits per heavy atom. The van der Waals surface area contributed by atoms with Crippen molar-refractivity contribution < 1.29 is 0 Å². The molecular formula is C22H26N4O2S2. The summed E-state index contributed by atoms with van der Waals surface area (Å²) in [6.07, 6.45) is 3.39. The number of rotatable bonds is 7. The van der Waals surface area contributed by atoms with Crippen LogP contribution in [0.15, 0.2) is 50.2 Å². The first-order valence-corrected chi connectivity index (χ1v) is 11.3. The largest absolute Gasteiger partial charge is 0.378 e. The molecule has 0 aliphatic carbocycles. The van der Waals surface area contributed by atoms with E-state index in [-0.39, 0.29) is 21.8 Å². The van der Waals surface area contributed by atoms with Crippen molar-refractivity contribution in [3.63, 3.8) is 0 Å². The van der Waals surface area contributed by atoms with Crippen molar-refractivity contribution in [3.05, 3.63) is 78.2 Å². The first-order chi connectivity index (χ1) is 14.3. The maximum absolute atomic E-state index is 12.5. The van der Waals surface area contributed by atoms with Gasteiger partial charge in [0, 0.05) is 37.0 Å². The monoisotopic (exact) mass is 442 g/mol. The van der Waals surface area contributed by atoms with E-state index in [1.807, 2.05) is 55.4 Å². The molecule has 0 aliphatic rings. The van der Waals surface area contributed by atoms with Crippen LogP contribution in [-0.4, -0.2) is 55.4 Å². The van der Waals surface area contributed by atoms with Gasteiger partial charge in [-0.25, -0.2) is 0 Å². The summed E-state index contributed by atoms with van der Waals surface area (Å²) < 4.78 is 1.19. The van der Waals surface area contributed by atoms with Gasteiger partial charge in [0.15, 0.2) is 0 Å². The van der Waals surface area contributed by atoms with E-state index in [2.05, 4.69) is 29.0 Å². The molecule has 2 aromatic heterocycles. The molecule has 30 heavy (non-hydrogen) atoms. The Bertz CT molecular complexity index is 1220. The third-order valence-corrected chi connectivity index (χ3v) is 6.62. The Morgan fingerprint density at radius 1 is 0.900 bits per heavy atom. The zero-order valence-electron chi connectivity index (χ0n) is 17.6. The summed E-state index contributed by atoms with van der Waals surface area (Å²) in [4.78, 5) is 35.5. The summed E-state index contributed by atoms with van der Waals surface area (Å²) in [5.41, 5.74) is 1.27. The smallest absolute Gasteiger partial charge is 0.272 e. The molecule has 0 amide bonds. The van der Waals surface area contributed by atoms with E-state index in [0.29, 0.717) is 0 Å². The first-order valence-electron chi connectivity index (χ1n) is 9.52. The molecule has 0 saturated carbocycles. The van der Waals surface area contributed by atoms with Crippen molar-refractivity contribution in [2.45, 2.75) is 4.21 Å². The number of hydrogen-bond acceptors (Lipinski definition) is 6. The van der Waals surface area contributed by atoms with E-state index >= 15 is 0 Å². The lowest BCUT2D eigenvalue weighted by molar-refractivity contribution is 0.437. The Morgan fingerprint density at radius 2 is 1.53 bits per heavy atom. The fourth-order valence-corrected chi connectivity index (χ4v) is 4.97. The van der Waals surface area contributed by atoms with E-state index in [0.717, 1.165) is 28.4 Å². The maximum Gasteiger partial charge on any atom is 0.272 e. The minimum atomic E-state index is -0.324. The average molecular weight is 443 g/mol. The van der Waals surface area contributed by atoms with Crippen LogP contribution in [0, 0.1) is 0 Å². The molecule has 0 fully saturated rings. The molecule has 0 aliphatic heterocycles. The maximum atomic E-state index is 12.5. The second-order valence-corrected chi connectivity index (χ2v) is 9.83. The van der Waals surface area contributed by atoms with Gasteiger partial charge in [0.1, 0.15) is 10.7 Å². The first kappa shape index (κ1) is 22.1. The molecule has 0 atom stereocenters. The number of nitrogens with one attached hydrogen (secondary N) is 2. The minimum Gasteiger partial charge on any atom is -0.378 e. The van der Waals surface area contributed by atoms with E-state index < -0.39 is 0 Å². The van der Waals surface area contributed by atoms with Crippen molar-refractivity contribution in [2.24, 2.45) is 0 Å². The highest BCUT2D eigenvalue weighted by Crippen LogP contribution is 2.27. The van der Waals surface area contributed by atoms with Crippen molar-refractivity contribution >= 4 is 40.9 Å². The number of anilines is 1. The second kappa shape index (κ2) is 9.97. The highest BCUT2D eigenvalue weighted by molar-refractivity contribution is 8.01. The van der Waals surface area contributed by atoms with E-state index in [1.54, 1.807) is 35.3 Å². The van der Waals surface area contributed by atoms with E-state index in [1.165, 1.54) is 4.21 Å². The number of thiophene rings is 1. The summed E-state index contributed by atoms with van der Waals surface area (Å²) in [6.45, 7) is 1.00. The lowest BCUT2D eigenvalue weighted by Gasteiger charge is -2.11. The lowest BCUT2D eigenvalue weighted by Crippen LogP contribution is -2.46. The second-order valence-electron chi connectivity index (χ2n) is 7.32. The molecule has 8 heteroatoms. The van der Waals surface area contributed by atoms with Gasteiger partial charge in [0.05, 0.1) is 4.21 Å². The van der Waals surface area contributed by atoms with Gasteiger partial charge in [0.2, 0.25) is 0 Å². The van der Waals surface area contributed by atoms with E-state index in [4.69, 9.17) is 0 Å². The highest BCUT2D eigenvalue weighted by atomic mass is 32.2. The van der Waals surface area contributed by atoms with Gasteiger partial charge in [-0.15, -0.1) is 23.1 Å². The summed E-state index contributed by atoms with van der Waals surface area (Å²) in [6, 6.07) is 11.8. The minimum absolute atomic E-state index is 0.237. The van der Waals surface area contributed by atoms with Gasteiger partial charge < -0.3 is 19.8 Å². The number of hydrogen-bond donors (Lipinski definition) is 2. The molecule has 0 radical (unpaired) electrons. The van der Waals surface area contributed by atoms with Gasteiger partial charge in [-0.05, 0) is 56.1 Å². The molecule has 3 rings (SSSR count). The molecular weight excluding hydrogens is 416 g/mol. The quantitative estimate of drug-likeness (QED) is 0.543. The van der Waals surface area contributed by atoms with Crippen molar-refractivity contribution in [1.82, 2.24) is 14.9 Å². The number of aromatic nitrogens is 2. The Balaban J connectivity index is 1.85. The highest BCUT2D eigenvalue weighted by Gasteiger charge is 2.02. The molecule has 3 aromatic rings. The predicted octanol–water partition coefficient (Wildman–Crippen LogP) is 1.50. The summed E-state index contributed by atoms with van der Waals surface area (Å²) >= 11 is 3.39. The fourth-order valence-electron chi connectivity index (χ4n) is 2.69. The number of nitrogens with zero attached hydrogens (tertiary/aromatic N) is 2. The average Bonchev–Trinajstić information content (AvgIpc) is 3.13.